The Morgan fingerprint density at radius 2 is 2.20 bits per heavy atom. The third-order valence-corrected chi connectivity index (χ3v) is 3.83. The topological polar surface area (TPSA) is 92.5 Å². The van der Waals surface area contributed by atoms with E-state index in [0.29, 0.717) is 22.2 Å². The summed E-state index contributed by atoms with van der Waals surface area (Å²) >= 11 is 6.94. The number of rotatable bonds is 3. The van der Waals surface area contributed by atoms with Gasteiger partial charge in [-0.3, -0.25) is 19.3 Å². The van der Waals surface area contributed by atoms with Crippen LogP contribution in [0.15, 0.2) is 18.2 Å². The zero-order chi connectivity index (χ0) is 14.7. The van der Waals surface area contributed by atoms with E-state index in [1.54, 1.807) is 12.1 Å². The molecule has 0 bridgehead atoms. The molecule has 0 unspecified atom stereocenters. The summed E-state index contributed by atoms with van der Waals surface area (Å²) in [5.41, 5.74) is 6.40. The van der Waals surface area contributed by atoms with Gasteiger partial charge in [-0.05, 0) is 18.2 Å². The zero-order valence-corrected chi connectivity index (χ0v) is 12.0. The molecule has 0 spiro atoms. The van der Waals surface area contributed by atoms with Crippen molar-refractivity contribution in [1.82, 2.24) is 4.90 Å². The van der Waals surface area contributed by atoms with E-state index < -0.39 is 11.1 Å². The zero-order valence-electron chi connectivity index (χ0n) is 10.4. The number of anilines is 2. The molecule has 1 aliphatic rings. The van der Waals surface area contributed by atoms with Crippen LogP contribution in [0.2, 0.25) is 5.02 Å². The fourth-order valence-corrected chi connectivity index (χ4v) is 2.60. The van der Waals surface area contributed by atoms with E-state index in [2.05, 4.69) is 5.32 Å². The minimum Gasteiger partial charge on any atom is -0.399 e. The summed E-state index contributed by atoms with van der Waals surface area (Å²) in [4.78, 5) is 35.9. The molecule has 8 heteroatoms. The van der Waals surface area contributed by atoms with E-state index in [-0.39, 0.29) is 18.9 Å². The Labute approximate surface area is 124 Å². The van der Waals surface area contributed by atoms with Crippen molar-refractivity contribution in [3.63, 3.8) is 0 Å². The SMILES string of the molecule is Nc1ccc(Cl)c(NC(=O)CN2C(=O)CCSC2=O)c1. The maximum Gasteiger partial charge on any atom is 0.288 e. The van der Waals surface area contributed by atoms with Gasteiger partial charge < -0.3 is 11.1 Å². The van der Waals surface area contributed by atoms with Crippen molar-refractivity contribution in [2.45, 2.75) is 6.42 Å². The molecule has 0 saturated carbocycles. The molecule has 0 aliphatic carbocycles. The number of imide groups is 1. The number of thioether (sulfide) groups is 1. The summed E-state index contributed by atoms with van der Waals surface area (Å²) in [6.07, 6.45) is 0.253. The molecule has 20 heavy (non-hydrogen) atoms. The molecule has 1 saturated heterocycles. The van der Waals surface area contributed by atoms with E-state index in [1.165, 1.54) is 6.07 Å². The normalized spacial score (nSPS) is 15.3. The van der Waals surface area contributed by atoms with E-state index in [4.69, 9.17) is 17.3 Å². The Morgan fingerprint density at radius 3 is 2.90 bits per heavy atom. The number of nitrogens with zero attached hydrogens (tertiary/aromatic N) is 1. The fraction of sp³-hybridized carbons (Fsp3) is 0.250. The van der Waals surface area contributed by atoms with Gasteiger partial charge in [0.1, 0.15) is 6.54 Å². The summed E-state index contributed by atoms with van der Waals surface area (Å²) in [7, 11) is 0. The first kappa shape index (κ1) is 14.7. The molecule has 3 amide bonds. The molecule has 0 aromatic heterocycles. The minimum absolute atomic E-state index is 0.253. The highest BCUT2D eigenvalue weighted by atomic mass is 35.5. The molecule has 1 aromatic carbocycles. The van der Waals surface area contributed by atoms with Gasteiger partial charge in [0.15, 0.2) is 0 Å². The highest BCUT2D eigenvalue weighted by Gasteiger charge is 2.28. The fourth-order valence-electron chi connectivity index (χ4n) is 1.67. The van der Waals surface area contributed by atoms with Gasteiger partial charge >= 0.3 is 0 Å². The van der Waals surface area contributed by atoms with E-state index in [9.17, 15) is 14.4 Å². The lowest BCUT2D eigenvalue weighted by atomic mass is 10.2. The summed E-state index contributed by atoms with van der Waals surface area (Å²) < 4.78 is 0. The Bertz CT molecular complexity index is 563. The molecule has 106 valence electrons. The molecule has 1 heterocycles. The number of hydrogen-bond acceptors (Lipinski definition) is 5. The van der Waals surface area contributed by atoms with Gasteiger partial charge in [-0.1, -0.05) is 23.4 Å². The van der Waals surface area contributed by atoms with Crippen molar-refractivity contribution >= 4 is 51.8 Å². The van der Waals surface area contributed by atoms with Crippen LogP contribution < -0.4 is 11.1 Å². The average molecular weight is 314 g/mol. The van der Waals surface area contributed by atoms with Crippen LogP contribution in [0.5, 0.6) is 0 Å². The summed E-state index contributed by atoms with van der Waals surface area (Å²) in [6.45, 7) is -0.324. The quantitative estimate of drug-likeness (QED) is 0.832. The largest absolute Gasteiger partial charge is 0.399 e. The third-order valence-electron chi connectivity index (χ3n) is 2.63. The molecule has 6 nitrogen and oxygen atoms in total. The molecule has 1 aliphatic heterocycles. The Hall–Kier alpha value is -1.73. The summed E-state index contributed by atoms with van der Waals surface area (Å²) in [5, 5.41) is 2.46. The second-order valence-corrected chi connectivity index (χ2v) is 5.59. The number of halogens is 1. The molecular weight excluding hydrogens is 302 g/mol. The van der Waals surface area contributed by atoms with Gasteiger partial charge in [-0.2, -0.15) is 0 Å². The molecule has 1 fully saturated rings. The number of amides is 3. The van der Waals surface area contributed by atoms with Crippen molar-refractivity contribution in [2.24, 2.45) is 0 Å². The molecular formula is C12H12ClN3O3S. The van der Waals surface area contributed by atoms with Gasteiger partial charge in [0, 0.05) is 17.9 Å². The highest BCUT2D eigenvalue weighted by Crippen LogP contribution is 2.24. The van der Waals surface area contributed by atoms with Crippen LogP contribution in [0, 0.1) is 0 Å². The van der Waals surface area contributed by atoms with Crippen LogP contribution in [0.25, 0.3) is 0 Å². The summed E-state index contributed by atoms with van der Waals surface area (Å²) in [5.74, 6) is -0.388. The van der Waals surface area contributed by atoms with Gasteiger partial charge in [0.2, 0.25) is 11.8 Å². The maximum absolute atomic E-state index is 11.9. The van der Waals surface area contributed by atoms with Crippen molar-refractivity contribution in [3.05, 3.63) is 23.2 Å². The summed E-state index contributed by atoms with van der Waals surface area (Å²) in [6, 6.07) is 4.67. The number of benzene rings is 1. The molecule has 3 N–H and O–H groups in total. The standard InChI is InChI=1S/C12H12ClN3O3S/c13-8-2-1-7(14)5-9(8)15-10(17)6-16-11(18)3-4-20-12(16)19/h1-2,5H,3-4,6,14H2,(H,15,17). The van der Waals surface area contributed by atoms with Crippen LogP contribution in [0.4, 0.5) is 16.2 Å². The van der Waals surface area contributed by atoms with Gasteiger partial charge in [0.25, 0.3) is 5.24 Å². The Kier molecular flexibility index (Phi) is 4.51. The molecule has 0 radical (unpaired) electrons. The van der Waals surface area contributed by atoms with Crippen LogP contribution in [0.3, 0.4) is 0 Å². The predicted molar refractivity (Wildman–Crippen MR) is 78.7 cm³/mol. The van der Waals surface area contributed by atoms with Crippen LogP contribution in [-0.4, -0.2) is 34.3 Å². The Morgan fingerprint density at radius 1 is 1.45 bits per heavy atom. The number of hydrogen-bond donors (Lipinski definition) is 2. The van der Waals surface area contributed by atoms with E-state index in [0.717, 1.165) is 16.7 Å². The lowest BCUT2D eigenvalue weighted by molar-refractivity contribution is -0.131. The van der Waals surface area contributed by atoms with Gasteiger partial charge in [0.05, 0.1) is 10.7 Å². The highest BCUT2D eigenvalue weighted by molar-refractivity contribution is 8.13. The first-order valence-electron chi connectivity index (χ1n) is 5.79. The number of carbonyl (C=O) groups excluding carboxylic acids is 3. The lowest BCUT2D eigenvalue weighted by Crippen LogP contribution is -2.43. The minimum atomic E-state index is -0.498. The smallest absolute Gasteiger partial charge is 0.288 e. The third kappa shape index (κ3) is 3.43. The first-order valence-corrected chi connectivity index (χ1v) is 7.15. The number of nitrogen functional groups attached to an aromatic ring is 1. The number of carbonyl (C=O) groups is 3. The number of nitrogens with two attached hydrogens (primary N) is 1. The van der Waals surface area contributed by atoms with Crippen molar-refractivity contribution in [2.75, 3.05) is 23.3 Å². The van der Waals surface area contributed by atoms with Gasteiger partial charge in [-0.15, -0.1) is 0 Å². The second kappa shape index (κ2) is 6.15. The van der Waals surface area contributed by atoms with Crippen LogP contribution in [-0.2, 0) is 9.59 Å². The Balaban J connectivity index is 2.03. The lowest BCUT2D eigenvalue weighted by Gasteiger charge is -2.23. The first-order chi connectivity index (χ1) is 9.47. The maximum atomic E-state index is 11.9. The van der Waals surface area contributed by atoms with E-state index in [1.807, 2.05) is 0 Å². The molecule has 0 atom stereocenters. The second-order valence-electron chi connectivity index (χ2n) is 4.13. The predicted octanol–water partition coefficient (Wildman–Crippen LogP) is 1.95. The monoisotopic (exact) mass is 313 g/mol. The van der Waals surface area contributed by atoms with E-state index >= 15 is 0 Å². The van der Waals surface area contributed by atoms with Crippen molar-refractivity contribution < 1.29 is 14.4 Å². The van der Waals surface area contributed by atoms with Crippen molar-refractivity contribution in [1.29, 1.82) is 0 Å². The van der Waals surface area contributed by atoms with Gasteiger partial charge in [-0.25, -0.2) is 0 Å². The average Bonchev–Trinajstić information content (AvgIpc) is 2.38. The molecule has 1 aromatic rings. The van der Waals surface area contributed by atoms with Crippen LogP contribution in [0.1, 0.15) is 6.42 Å². The van der Waals surface area contributed by atoms with Crippen LogP contribution >= 0.6 is 23.4 Å². The number of nitrogens with one attached hydrogen (secondary N) is 1. The van der Waals surface area contributed by atoms with Crippen molar-refractivity contribution in [3.8, 4) is 0 Å². The molecule has 2 rings (SSSR count).